The van der Waals surface area contributed by atoms with Crippen molar-refractivity contribution < 1.29 is 9.53 Å². The fourth-order valence-electron chi connectivity index (χ4n) is 2.26. The third-order valence-corrected chi connectivity index (χ3v) is 3.08. The first-order valence-corrected chi connectivity index (χ1v) is 6.56. The Kier molecular flexibility index (Phi) is 4.05. The molecule has 3 heteroatoms. The van der Waals surface area contributed by atoms with Crippen LogP contribution in [0, 0.1) is 0 Å². The van der Waals surface area contributed by atoms with E-state index in [0.717, 1.165) is 28.6 Å². The fourth-order valence-corrected chi connectivity index (χ4v) is 2.26. The average Bonchev–Trinajstić information content (AvgIpc) is 2.42. The Balaban J connectivity index is 2.71. The van der Waals surface area contributed by atoms with Gasteiger partial charge in [0.15, 0.2) is 5.78 Å². The van der Waals surface area contributed by atoms with E-state index in [9.17, 15) is 4.79 Å². The van der Waals surface area contributed by atoms with E-state index < -0.39 is 0 Å². The summed E-state index contributed by atoms with van der Waals surface area (Å²) in [5.74, 6) is 0.788. The van der Waals surface area contributed by atoms with Crippen molar-refractivity contribution >= 4 is 22.2 Å². The maximum absolute atomic E-state index is 12.0. The third kappa shape index (κ3) is 2.55. The van der Waals surface area contributed by atoms with Gasteiger partial charge < -0.3 is 10.1 Å². The van der Waals surface area contributed by atoms with Crippen molar-refractivity contribution in [3.63, 3.8) is 0 Å². The highest BCUT2D eigenvalue weighted by molar-refractivity contribution is 6.13. The highest BCUT2D eigenvalue weighted by Gasteiger charge is 2.16. The molecule has 100 valence electrons. The maximum Gasteiger partial charge on any atom is 0.162 e. The second-order valence-electron chi connectivity index (χ2n) is 4.50. The highest BCUT2D eigenvalue weighted by atomic mass is 16.5. The molecular formula is C16H19NO2. The van der Waals surface area contributed by atoms with Gasteiger partial charge in [0.2, 0.25) is 0 Å². The normalized spacial score (nSPS) is 10.5. The van der Waals surface area contributed by atoms with E-state index in [1.54, 1.807) is 6.92 Å². The lowest BCUT2D eigenvalue weighted by molar-refractivity contribution is 0.101. The maximum atomic E-state index is 12.0. The predicted molar refractivity (Wildman–Crippen MR) is 79.3 cm³/mol. The summed E-state index contributed by atoms with van der Waals surface area (Å²) in [7, 11) is 1.81. The largest absolute Gasteiger partial charge is 0.491 e. The number of hydrogen-bond donors (Lipinski definition) is 1. The molecule has 2 rings (SSSR count). The lowest BCUT2D eigenvalue weighted by atomic mass is 9.99. The molecule has 2 aromatic rings. The number of ether oxygens (including phenoxy) is 1. The SMILES string of the molecule is CCCOc1cc2ccccc2c(C(C)=O)c1NC. The summed E-state index contributed by atoms with van der Waals surface area (Å²) < 4.78 is 5.76. The summed E-state index contributed by atoms with van der Waals surface area (Å²) in [6.45, 7) is 4.29. The number of rotatable bonds is 5. The molecule has 0 spiro atoms. The predicted octanol–water partition coefficient (Wildman–Crippen LogP) is 3.87. The van der Waals surface area contributed by atoms with Crippen molar-refractivity contribution in [2.45, 2.75) is 20.3 Å². The van der Waals surface area contributed by atoms with E-state index >= 15 is 0 Å². The van der Waals surface area contributed by atoms with Gasteiger partial charge in [0.25, 0.3) is 0 Å². The number of anilines is 1. The van der Waals surface area contributed by atoms with Crippen LogP contribution < -0.4 is 10.1 Å². The molecule has 0 aliphatic heterocycles. The molecule has 0 bridgehead atoms. The molecular weight excluding hydrogens is 238 g/mol. The van der Waals surface area contributed by atoms with Gasteiger partial charge in [-0.2, -0.15) is 0 Å². The lowest BCUT2D eigenvalue weighted by Crippen LogP contribution is -2.06. The Morgan fingerprint density at radius 2 is 2.05 bits per heavy atom. The number of Topliss-reactive ketones (excluding diaryl/α,β-unsaturated/α-hetero) is 1. The fraction of sp³-hybridized carbons (Fsp3) is 0.312. The molecule has 0 aliphatic carbocycles. The zero-order chi connectivity index (χ0) is 13.8. The van der Waals surface area contributed by atoms with Gasteiger partial charge >= 0.3 is 0 Å². The van der Waals surface area contributed by atoms with E-state index in [0.29, 0.717) is 12.2 Å². The standard InChI is InChI=1S/C16H19NO2/c1-4-9-19-14-10-12-7-5-6-8-13(12)15(11(2)18)16(14)17-3/h5-8,10,17H,4,9H2,1-3H3. The van der Waals surface area contributed by atoms with Crippen LogP contribution in [0.5, 0.6) is 5.75 Å². The smallest absolute Gasteiger partial charge is 0.162 e. The molecule has 2 aromatic carbocycles. The molecule has 0 fully saturated rings. The van der Waals surface area contributed by atoms with Gasteiger partial charge in [0.1, 0.15) is 5.75 Å². The van der Waals surface area contributed by atoms with Crippen molar-refractivity contribution in [2.75, 3.05) is 19.0 Å². The minimum atomic E-state index is 0.0440. The Morgan fingerprint density at radius 1 is 1.32 bits per heavy atom. The summed E-state index contributed by atoms with van der Waals surface area (Å²) >= 11 is 0. The van der Waals surface area contributed by atoms with Crippen LogP contribution in [0.4, 0.5) is 5.69 Å². The molecule has 1 N–H and O–H groups in total. The summed E-state index contributed by atoms with van der Waals surface area (Å²) in [6, 6.07) is 9.87. The van der Waals surface area contributed by atoms with Gasteiger partial charge in [0.05, 0.1) is 17.9 Å². The first-order chi connectivity index (χ1) is 9.19. The van der Waals surface area contributed by atoms with Gasteiger partial charge in [-0.3, -0.25) is 4.79 Å². The van der Waals surface area contributed by atoms with Gasteiger partial charge in [-0.1, -0.05) is 31.2 Å². The van der Waals surface area contributed by atoms with Crippen LogP contribution in [0.1, 0.15) is 30.6 Å². The molecule has 0 unspecified atom stereocenters. The van der Waals surface area contributed by atoms with Gasteiger partial charge in [-0.25, -0.2) is 0 Å². The van der Waals surface area contributed by atoms with Gasteiger partial charge in [-0.05, 0) is 30.2 Å². The summed E-state index contributed by atoms with van der Waals surface area (Å²) in [5, 5.41) is 5.09. The number of carbonyl (C=O) groups excluding carboxylic acids is 1. The van der Waals surface area contributed by atoms with Crippen LogP contribution in [0.25, 0.3) is 10.8 Å². The van der Waals surface area contributed by atoms with E-state index in [1.165, 1.54) is 0 Å². The number of ketones is 1. The number of nitrogens with one attached hydrogen (secondary N) is 1. The third-order valence-electron chi connectivity index (χ3n) is 3.08. The first kappa shape index (κ1) is 13.4. The quantitative estimate of drug-likeness (QED) is 0.826. The molecule has 0 amide bonds. The molecule has 0 aliphatic rings. The van der Waals surface area contributed by atoms with Crippen LogP contribution >= 0.6 is 0 Å². The molecule has 0 aromatic heterocycles. The van der Waals surface area contributed by atoms with Crippen molar-refractivity contribution in [1.29, 1.82) is 0 Å². The first-order valence-electron chi connectivity index (χ1n) is 6.56. The van der Waals surface area contributed by atoms with Crippen LogP contribution in [0.15, 0.2) is 30.3 Å². The van der Waals surface area contributed by atoms with Gasteiger partial charge in [-0.15, -0.1) is 0 Å². The number of benzene rings is 2. The Morgan fingerprint density at radius 3 is 2.68 bits per heavy atom. The lowest BCUT2D eigenvalue weighted by Gasteiger charge is -2.16. The molecule has 0 atom stereocenters. The summed E-state index contributed by atoms with van der Waals surface area (Å²) in [6.07, 6.45) is 0.936. The van der Waals surface area contributed by atoms with Crippen LogP contribution in [-0.4, -0.2) is 19.4 Å². The minimum Gasteiger partial charge on any atom is -0.491 e. The summed E-state index contributed by atoms with van der Waals surface area (Å²) in [4.78, 5) is 12.0. The number of hydrogen-bond acceptors (Lipinski definition) is 3. The summed E-state index contributed by atoms with van der Waals surface area (Å²) in [5.41, 5.74) is 1.48. The Bertz CT molecular complexity index is 605. The second-order valence-corrected chi connectivity index (χ2v) is 4.50. The zero-order valence-electron chi connectivity index (χ0n) is 11.6. The van der Waals surface area contributed by atoms with Crippen molar-refractivity contribution in [3.8, 4) is 5.75 Å². The Labute approximate surface area is 113 Å². The zero-order valence-corrected chi connectivity index (χ0v) is 11.6. The van der Waals surface area contributed by atoms with E-state index in [2.05, 4.69) is 12.2 Å². The van der Waals surface area contributed by atoms with E-state index in [1.807, 2.05) is 37.4 Å². The molecule has 0 saturated carbocycles. The monoisotopic (exact) mass is 257 g/mol. The van der Waals surface area contributed by atoms with E-state index in [4.69, 9.17) is 4.74 Å². The topological polar surface area (TPSA) is 38.3 Å². The highest BCUT2D eigenvalue weighted by Crippen LogP contribution is 2.35. The molecule has 3 nitrogen and oxygen atoms in total. The molecule has 0 radical (unpaired) electrons. The van der Waals surface area contributed by atoms with Crippen LogP contribution in [0.2, 0.25) is 0 Å². The Hall–Kier alpha value is -2.03. The minimum absolute atomic E-state index is 0.0440. The van der Waals surface area contributed by atoms with Gasteiger partial charge in [0, 0.05) is 7.05 Å². The molecule has 19 heavy (non-hydrogen) atoms. The van der Waals surface area contributed by atoms with Crippen molar-refractivity contribution in [2.24, 2.45) is 0 Å². The van der Waals surface area contributed by atoms with Crippen LogP contribution in [-0.2, 0) is 0 Å². The van der Waals surface area contributed by atoms with Crippen molar-refractivity contribution in [3.05, 3.63) is 35.9 Å². The van der Waals surface area contributed by atoms with Crippen LogP contribution in [0.3, 0.4) is 0 Å². The molecule has 0 heterocycles. The second kappa shape index (κ2) is 5.74. The number of fused-ring (bicyclic) bond motifs is 1. The average molecular weight is 257 g/mol. The molecule has 0 saturated heterocycles. The number of carbonyl (C=O) groups is 1. The van der Waals surface area contributed by atoms with E-state index in [-0.39, 0.29) is 5.78 Å². The van der Waals surface area contributed by atoms with Crippen molar-refractivity contribution in [1.82, 2.24) is 0 Å².